The van der Waals surface area contributed by atoms with Crippen LogP contribution in [-0.2, 0) is 11.3 Å². The number of halogens is 2. The molecular formula is C14H12Cl2N2O2. The van der Waals surface area contributed by atoms with Crippen LogP contribution in [0.5, 0.6) is 0 Å². The fourth-order valence-corrected chi connectivity index (χ4v) is 3.21. The number of nitrogens with zero attached hydrogens (tertiary/aromatic N) is 2. The Bertz CT molecular complexity index is 682. The molecule has 1 unspecified atom stereocenters. The maximum absolute atomic E-state index is 11.4. The maximum Gasteiger partial charge on any atom is 0.312 e. The van der Waals surface area contributed by atoms with E-state index >= 15 is 0 Å². The molecule has 0 fully saturated rings. The first-order chi connectivity index (χ1) is 9.59. The van der Waals surface area contributed by atoms with Crippen LogP contribution in [0.1, 0.15) is 24.5 Å². The van der Waals surface area contributed by atoms with E-state index in [2.05, 4.69) is 4.98 Å². The van der Waals surface area contributed by atoms with E-state index in [1.165, 1.54) is 0 Å². The number of carboxylic acids is 1. The molecule has 1 N–H and O–H groups in total. The summed E-state index contributed by atoms with van der Waals surface area (Å²) in [6.07, 6.45) is 1.37. The molecule has 0 spiro atoms. The summed E-state index contributed by atoms with van der Waals surface area (Å²) in [5.41, 5.74) is 1.36. The topological polar surface area (TPSA) is 55.1 Å². The van der Waals surface area contributed by atoms with Gasteiger partial charge >= 0.3 is 5.97 Å². The lowest BCUT2D eigenvalue weighted by Crippen LogP contribution is -2.22. The van der Waals surface area contributed by atoms with Gasteiger partial charge in [-0.15, -0.1) is 0 Å². The molecule has 1 aliphatic rings. The maximum atomic E-state index is 11.4. The van der Waals surface area contributed by atoms with E-state index < -0.39 is 11.9 Å². The van der Waals surface area contributed by atoms with Gasteiger partial charge < -0.3 is 9.67 Å². The highest BCUT2D eigenvalue weighted by Gasteiger charge is 2.32. The molecule has 4 nitrogen and oxygen atoms in total. The standard InChI is InChI=1S/C14H12Cl2N2O2/c15-10-6-2-1-4-8(10)13-17-12(16)11-9(14(19)20)5-3-7-18(11)13/h1-2,4,6,9H,3,5,7H2,(H,19,20). The summed E-state index contributed by atoms with van der Waals surface area (Å²) in [6.45, 7) is 0.708. The van der Waals surface area contributed by atoms with E-state index in [0.29, 0.717) is 29.5 Å². The molecule has 1 atom stereocenters. The second kappa shape index (κ2) is 5.11. The van der Waals surface area contributed by atoms with Crippen molar-refractivity contribution in [3.63, 3.8) is 0 Å². The lowest BCUT2D eigenvalue weighted by Gasteiger charge is -2.22. The predicted molar refractivity (Wildman–Crippen MR) is 77.3 cm³/mol. The monoisotopic (exact) mass is 310 g/mol. The number of carboxylic acid groups (broad SMARTS) is 1. The number of aliphatic carboxylic acids is 1. The summed E-state index contributed by atoms with van der Waals surface area (Å²) in [6, 6.07) is 7.35. The van der Waals surface area contributed by atoms with Crippen LogP contribution in [0.3, 0.4) is 0 Å². The van der Waals surface area contributed by atoms with Crippen LogP contribution in [0.4, 0.5) is 0 Å². The van der Waals surface area contributed by atoms with Crippen molar-refractivity contribution >= 4 is 29.2 Å². The van der Waals surface area contributed by atoms with Crippen molar-refractivity contribution in [2.24, 2.45) is 0 Å². The van der Waals surface area contributed by atoms with E-state index in [1.807, 2.05) is 22.8 Å². The van der Waals surface area contributed by atoms with Crippen LogP contribution in [0.25, 0.3) is 11.4 Å². The number of hydrogen-bond donors (Lipinski definition) is 1. The van der Waals surface area contributed by atoms with Gasteiger partial charge in [0.25, 0.3) is 0 Å². The van der Waals surface area contributed by atoms with E-state index in [-0.39, 0.29) is 5.15 Å². The van der Waals surface area contributed by atoms with Gasteiger partial charge in [0, 0.05) is 12.1 Å². The van der Waals surface area contributed by atoms with E-state index in [1.54, 1.807) is 6.07 Å². The van der Waals surface area contributed by atoms with Crippen molar-refractivity contribution in [3.05, 3.63) is 40.1 Å². The second-order valence-electron chi connectivity index (χ2n) is 4.78. The molecule has 3 rings (SSSR count). The van der Waals surface area contributed by atoms with Gasteiger partial charge in [0.15, 0.2) is 5.15 Å². The van der Waals surface area contributed by atoms with Crippen LogP contribution >= 0.6 is 23.2 Å². The Labute approximate surface area is 126 Å². The summed E-state index contributed by atoms with van der Waals surface area (Å²) in [5, 5.41) is 10.2. The molecule has 0 saturated carbocycles. The van der Waals surface area contributed by atoms with Crippen LogP contribution in [-0.4, -0.2) is 20.6 Å². The van der Waals surface area contributed by atoms with Gasteiger partial charge in [0.05, 0.1) is 10.7 Å². The molecule has 20 heavy (non-hydrogen) atoms. The molecule has 1 aromatic heterocycles. The van der Waals surface area contributed by atoms with Gasteiger partial charge in [-0.3, -0.25) is 4.79 Å². The van der Waals surface area contributed by atoms with Gasteiger partial charge in [-0.1, -0.05) is 35.3 Å². The molecule has 6 heteroatoms. The van der Waals surface area contributed by atoms with Crippen molar-refractivity contribution in [2.75, 3.05) is 0 Å². The molecule has 104 valence electrons. The van der Waals surface area contributed by atoms with Gasteiger partial charge in [0.2, 0.25) is 0 Å². The highest BCUT2D eigenvalue weighted by atomic mass is 35.5. The molecule has 0 radical (unpaired) electrons. The number of aromatic nitrogens is 2. The van der Waals surface area contributed by atoms with E-state index in [4.69, 9.17) is 23.2 Å². The zero-order valence-electron chi connectivity index (χ0n) is 10.5. The Morgan fingerprint density at radius 1 is 1.35 bits per heavy atom. The van der Waals surface area contributed by atoms with Crippen LogP contribution < -0.4 is 0 Å². The number of benzene rings is 1. The summed E-state index contributed by atoms with van der Waals surface area (Å²) < 4.78 is 1.88. The Balaban J connectivity index is 2.19. The van der Waals surface area contributed by atoms with Gasteiger partial charge in [0.1, 0.15) is 11.7 Å². The number of fused-ring (bicyclic) bond motifs is 1. The minimum Gasteiger partial charge on any atom is -0.481 e. The Morgan fingerprint density at radius 2 is 2.10 bits per heavy atom. The first-order valence-electron chi connectivity index (χ1n) is 6.33. The third-order valence-corrected chi connectivity index (χ3v) is 4.19. The number of carbonyl (C=O) groups is 1. The van der Waals surface area contributed by atoms with Crippen molar-refractivity contribution in [3.8, 4) is 11.4 Å². The third-order valence-electron chi connectivity index (χ3n) is 3.58. The molecule has 0 amide bonds. The van der Waals surface area contributed by atoms with Crippen LogP contribution in [0.15, 0.2) is 24.3 Å². The Morgan fingerprint density at radius 3 is 2.80 bits per heavy atom. The minimum atomic E-state index is -0.863. The van der Waals surface area contributed by atoms with E-state index in [9.17, 15) is 9.90 Å². The van der Waals surface area contributed by atoms with Crippen LogP contribution in [0.2, 0.25) is 10.2 Å². The molecule has 1 aliphatic heterocycles. The number of hydrogen-bond acceptors (Lipinski definition) is 2. The highest BCUT2D eigenvalue weighted by molar-refractivity contribution is 6.33. The normalized spacial score (nSPS) is 17.8. The molecule has 2 aromatic rings. The average Bonchev–Trinajstić information content (AvgIpc) is 2.77. The quantitative estimate of drug-likeness (QED) is 0.917. The minimum absolute atomic E-state index is 0.256. The molecule has 2 heterocycles. The summed E-state index contributed by atoms with van der Waals surface area (Å²) >= 11 is 12.4. The lowest BCUT2D eigenvalue weighted by molar-refractivity contribution is -0.139. The van der Waals surface area contributed by atoms with Gasteiger partial charge in [-0.2, -0.15) is 0 Å². The third kappa shape index (κ3) is 2.09. The highest BCUT2D eigenvalue weighted by Crippen LogP contribution is 2.38. The Hall–Kier alpha value is -1.52. The first-order valence-corrected chi connectivity index (χ1v) is 7.09. The molecular weight excluding hydrogens is 299 g/mol. The molecule has 0 aliphatic carbocycles. The second-order valence-corrected chi connectivity index (χ2v) is 5.54. The van der Waals surface area contributed by atoms with Crippen LogP contribution in [0, 0.1) is 0 Å². The smallest absolute Gasteiger partial charge is 0.312 e. The molecule has 0 bridgehead atoms. The van der Waals surface area contributed by atoms with Crippen molar-refractivity contribution in [1.29, 1.82) is 0 Å². The fraction of sp³-hybridized carbons (Fsp3) is 0.286. The van der Waals surface area contributed by atoms with Crippen molar-refractivity contribution in [1.82, 2.24) is 9.55 Å². The largest absolute Gasteiger partial charge is 0.481 e. The van der Waals surface area contributed by atoms with Gasteiger partial charge in [-0.25, -0.2) is 4.98 Å². The summed E-state index contributed by atoms with van der Waals surface area (Å²) in [7, 11) is 0. The summed E-state index contributed by atoms with van der Waals surface area (Å²) in [5.74, 6) is -0.819. The van der Waals surface area contributed by atoms with Gasteiger partial charge in [-0.05, 0) is 25.0 Å². The zero-order valence-corrected chi connectivity index (χ0v) is 12.0. The first kappa shape index (κ1) is 13.5. The fourth-order valence-electron chi connectivity index (χ4n) is 2.67. The zero-order chi connectivity index (χ0) is 14.3. The van der Waals surface area contributed by atoms with E-state index in [0.717, 1.165) is 12.0 Å². The number of rotatable bonds is 2. The Kier molecular flexibility index (Phi) is 3.44. The molecule has 0 saturated heterocycles. The summed E-state index contributed by atoms with van der Waals surface area (Å²) in [4.78, 5) is 15.7. The molecule has 1 aromatic carbocycles. The SMILES string of the molecule is O=C(O)C1CCCn2c(-c3ccccc3Cl)nc(Cl)c21. The average molecular weight is 311 g/mol. The predicted octanol–water partition coefficient (Wildman–Crippen LogP) is 3.82. The van der Waals surface area contributed by atoms with Crippen molar-refractivity contribution in [2.45, 2.75) is 25.3 Å². The van der Waals surface area contributed by atoms with Crippen molar-refractivity contribution < 1.29 is 9.90 Å². The lowest BCUT2D eigenvalue weighted by atomic mass is 9.96. The number of imidazole rings is 1.